The first-order chi connectivity index (χ1) is 10.6. The number of nitrogen functional groups attached to an aromatic ring is 1. The number of nitrogens with one attached hydrogen (secondary N) is 1. The van der Waals surface area contributed by atoms with E-state index in [4.69, 9.17) is 20.3 Å². The molecule has 3 rings (SSSR count). The number of hydrogen-bond acceptors (Lipinski definition) is 7. The molecule has 0 spiro atoms. The van der Waals surface area contributed by atoms with Gasteiger partial charge in [-0.05, 0) is 19.4 Å². The number of carbonyl (C=O) groups excluding carboxylic acids is 1. The van der Waals surface area contributed by atoms with Crippen molar-refractivity contribution in [1.29, 1.82) is 0 Å². The number of aromatic hydroxyl groups is 1. The Labute approximate surface area is 130 Å². The Morgan fingerprint density at radius 2 is 2.00 bits per heavy atom. The predicted molar refractivity (Wildman–Crippen MR) is 83.0 cm³/mol. The molecule has 4 N–H and O–H groups in total. The molecule has 0 bridgehead atoms. The van der Waals surface area contributed by atoms with E-state index in [1.807, 2.05) is 13.8 Å². The van der Waals surface area contributed by atoms with Gasteiger partial charge in [-0.15, -0.1) is 0 Å². The van der Waals surface area contributed by atoms with E-state index in [0.717, 1.165) is 19.4 Å². The number of ether oxygens (including phenoxy) is 3. The Balaban J connectivity index is 0.000000202. The number of methoxy groups -OCH3 is 1. The molecule has 1 saturated heterocycles. The first kappa shape index (κ1) is 17.9. The van der Waals surface area contributed by atoms with E-state index in [1.165, 1.54) is 19.2 Å². The maximum absolute atomic E-state index is 10.7. The summed E-state index contributed by atoms with van der Waals surface area (Å²) < 4.78 is 14.6. The van der Waals surface area contributed by atoms with E-state index < -0.39 is 0 Å². The van der Waals surface area contributed by atoms with Crippen LogP contribution in [-0.2, 0) is 9.53 Å². The van der Waals surface area contributed by atoms with Crippen LogP contribution in [0.2, 0.25) is 0 Å². The Morgan fingerprint density at radius 1 is 1.36 bits per heavy atom. The Kier molecular flexibility index (Phi) is 7.31. The highest BCUT2D eigenvalue weighted by Gasteiger charge is 2.21. The normalized spacial score (nSPS) is 17.7. The van der Waals surface area contributed by atoms with Gasteiger partial charge < -0.3 is 30.4 Å². The third-order valence-electron chi connectivity index (χ3n) is 3.07. The lowest BCUT2D eigenvalue weighted by Crippen LogP contribution is -2.31. The quantitative estimate of drug-likeness (QED) is 0.411. The molecule has 0 aromatic heterocycles. The van der Waals surface area contributed by atoms with Gasteiger partial charge in [-0.2, -0.15) is 0 Å². The summed E-state index contributed by atoms with van der Waals surface area (Å²) in [6.45, 7) is 5.14. The van der Waals surface area contributed by atoms with Gasteiger partial charge >= 0.3 is 5.97 Å². The predicted octanol–water partition coefficient (Wildman–Crippen LogP) is 1.64. The van der Waals surface area contributed by atoms with E-state index >= 15 is 0 Å². The first-order valence-electron chi connectivity index (χ1n) is 7.31. The third kappa shape index (κ3) is 4.70. The minimum absolute atomic E-state index is 0.0225. The summed E-state index contributed by atoms with van der Waals surface area (Å²) in [6.07, 6.45) is 2.01. The molecule has 0 amide bonds. The molecule has 1 aromatic rings. The molecule has 1 fully saturated rings. The Hall–Kier alpha value is -2.15. The molecular weight excluding hydrogens is 288 g/mol. The Bertz CT molecular complexity index is 458. The van der Waals surface area contributed by atoms with Gasteiger partial charge in [-0.25, -0.2) is 0 Å². The van der Waals surface area contributed by atoms with Crippen LogP contribution in [0.5, 0.6) is 17.2 Å². The van der Waals surface area contributed by atoms with Crippen molar-refractivity contribution in [2.75, 3.05) is 26.2 Å². The average molecular weight is 312 g/mol. The van der Waals surface area contributed by atoms with Crippen molar-refractivity contribution in [3.05, 3.63) is 12.1 Å². The van der Waals surface area contributed by atoms with Gasteiger partial charge in [0.15, 0.2) is 11.5 Å². The fraction of sp³-hybridized carbons (Fsp3) is 0.533. The largest absolute Gasteiger partial charge is 0.506 e. The summed E-state index contributed by atoms with van der Waals surface area (Å²) in [5, 5.41) is 12.2. The SMILES string of the molecule is CC.COC(=O)C1CCCN1.Nc1cc2c(cc1O)OCO2. The fourth-order valence-corrected chi connectivity index (χ4v) is 1.97. The monoisotopic (exact) mass is 312 g/mol. The lowest BCUT2D eigenvalue weighted by Gasteiger charge is -2.04. The number of hydrogen-bond donors (Lipinski definition) is 3. The van der Waals surface area contributed by atoms with Gasteiger partial charge in [0.05, 0.1) is 12.8 Å². The van der Waals surface area contributed by atoms with Gasteiger partial charge in [-0.1, -0.05) is 13.8 Å². The van der Waals surface area contributed by atoms with E-state index in [-0.39, 0.29) is 24.6 Å². The van der Waals surface area contributed by atoms with Crippen molar-refractivity contribution < 1.29 is 24.1 Å². The molecule has 2 aliphatic rings. The van der Waals surface area contributed by atoms with Crippen molar-refractivity contribution in [3.8, 4) is 17.2 Å². The second kappa shape index (κ2) is 8.99. The number of anilines is 1. The zero-order valence-corrected chi connectivity index (χ0v) is 13.2. The van der Waals surface area contributed by atoms with Crippen LogP contribution >= 0.6 is 0 Å². The summed E-state index contributed by atoms with van der Waals surface area (Å²) in [6, 6.07) is 2.95. The van der Waals surface area contributed by atoms with E-state index in [0.29, 0.717) is 17.2 Å². The average Bonchev–Trinajstić information content (AvgIpc) is 3.21. The summed E-state index contributed by atoms with van der Waals surface area (Å²) in [4.78, 5) is 10.7. The smallest absolute Gasteiger partial charge is 0.322 e. The number of benzene rings is 1. The highest BCUT2D eigenvalue weighted by Crippen LogP contribution is 2.38. The van der Waals surface area contributed by atoms with Gasteiger partial charge in [0.2, 0.25) is 6.79 Å². The van der Waals surface area contributed by atoms with Crippen LogP contribution in [-0.4, -0.2) is 37.6 Å². The second-order valence-corrected chi connectivity index (χ2v) is 4.44. The van der Waals surface area contributed by atoms with Crippen molar-refractivity contribution >= 4 is 11.7 Å². The molecule has 1 aromatic carbocycles. The summed E-state index contributed by atoms with van der Waals surface area (Å²) in [5.74, 6) is 1.01. The summed E-state index contributed by atoms with van der Waals surface area (Å²) in [5.41, 5.74) is 5.71. The summed E-state index contributed by atoms with van der Waals surface area (Å²) in [7, 11) is 1.42. The molecule has 7 heteroatoms. The molecule has 124 valence electrons. The molecule has 2 aliphatic heterocycles. The molecule has 1 unspecified atom stereocenters. The highest BCUT2D eigenvalue weighted by atomic mass is 16.7. The molecule has 0 saturated carbocycles. The first-order valence-corrected chi connectivity index (χ1v) is 7.31. The Morgan fingerprint density at radius 3 is 2.55 bits per heavy atom. The number of fused-ring (bicyclic) bond motifs is 1. The van der Waals surface area contributed by atoms with Gasteiger partial charge in [0.1, 0.15) is 11.8 Å². The zero-order chi connectivity index (χ0) is 16.5. The molecular formula is C15H24N2O5. The van der Waals surface area contributed by atoms with Crippen molar-refractivity contribution in [2.24, 2.45) is 0 Å². The van der Waals surface area contributed by atoms with Crippen LogP contribution in [0, 0.1) is 0 Å². The van der Waals surface area contributed by atoms with Crippen LogP contribution in [0.15, 0.2) is 12.1 Å². The lowest BCUT2D eigenvalue weighted by molar-refractivity contribution is -0.142. The maximum atomic E-state index is 10.7. The zero-order valence-electron chi connectivity index (χ0n) is 13.2. The van der Waals surface area contributed by atoms with Crippen LogP contribution in [0.25, 0.3) is 0 Å². The van der Waals surface area contributed by atoms with Crippen LogP contribution < -0.4 is 20.5 Å². The maximum Gasteiger partial charge on any atom is 0.322 e. The highest BCUT2D eigenvalue weighted by molar-refractivity contribution is 5.75. The van der Waals surface area contributed by atoms with E-state index in [1.54, 1.807) is 0 Å². The van der Waals surface area contributed by atoms with Gasteiger partial charge in [-0.3, -0.25) is 4.79 Å². The molecule has 2 heterocycles. The number of rotatable bonds is 1. The summed E-state index contributed by atoms with van der Waals surface area (Å²) >= 11 is 0. The minimum Gasteiger partial charge on any atom is -0.506 e. The third-order valence-corrected chi connectivity index (χ3v) is 3.07. The second-order valence-electron chi connectivity index (χ2n) is 4.44. The minimum atomic E-state index is -0.132. The number of carbonyl (C=O) groups is 1. The number of nitrogens with two attached hydrogens (primary N) is 1. The number of phenols is 1. The number of esters is 1. The standard InChI is InChI=1S/C7H7NO3.C6H11NO2.C2H6/c8-4-1-6-7(2-5(4)9)11-3-10-6;1-9-6(8)5-3-2-4-7-5;1-2/h1-2,9H,3,8H2;5,7H,2-4H2,1H3;1-2H3. The van der Waals surface area contributed by atoms with E-state index in [2.05, 4.69) is 10.1 Å². The molecule has 7 nitrogen and oxygen atoms in total. The van der Waals surface area contributed by atoms with Gasteiger partial charge in [0.25, 0.3) is 0 Å². The molecule has 0 aliphatic carbocycles. The van der Waals surface area contributed by atoms with E-state index in [9.17, 15) is 4.79 Å². The van der Waals surface area contributed by atoms with Crippen LogP contribution in [0.1, 0.15) is 26.7 Å². The van der Waals surface area contributed by atoms with Crippen molar-refractivity contribution in [2.45, 2.75) is 32.7 Å². The molecule has 22 heavy (non-hydrogen) atoms. The van der Waals surface area contributed by atoms with Crippen LogP contribution in [0.4, 0.5) is 5.69 Å². The van der Waals surface area contributed by atoms with Crippen molar-refractivity contribution in [1.82, 2.24) is 5.32 Å². The lowest BCUT2D eigenvalue weighted by atomic mass is 10.2. The fourth-order valence-electron chi connectivity index (χ4n) is 1.97. The van der Waals surface area contributed by atoms with Crippen molar-refractivity contribution in [3.63, 3.8) is 0 Å². The molecule has 1 atom stereocenters. The van der Waals surface area contributed by atoms with Crippen LogP contribution in [0.3, 0.4) is 0 Å². The van der Waals surface area contributed by atoms with Gasteiger partial charge in [0, 0.05) is 12.1 Å². The number of phenolic OH excluding ortho intramolecular Hbond substituents is 1. The topological polar surface area (TPSA) is 103 Å². The molecule has 0 radical (unpaired) electrons.